The van der Waals surface area contributed by atoms with Gasteiger partial charge in [-0.25, -0.2) is 9.79 Å². The number of hydrogen-bond donors (Lipinski definition) is 0. The summed E-state index contributed by atoms with van der Waals surface area (Å²) in [6.07, 6.45) is 1.67. The van der Waals surface area contributed by atoms with Crippen LogP contribution in [-0.4, -0.2) is 31.7 Å². The molecule has 0 aliphatic carbocycles. The van der Waals surface area contributed by atoms with Crippen LogP contribution in [0.15, 0.2) is 77.4 Å². The number of rotatable bonds is 9. The molecule has 0 bridgehead atoms. The van der Waals surface area contributed by atoms with E-state index in [4.69, 9.17) is 18.9 Å². The molecule has 174 valence electrons. The largest absolute Gasteiger partial charge is 0.490 e. The van der Waals surface area contributed by atoms with Crippen LogP contribution in [0.25, 0.3) is 6.08 Å². The van der Waals surface area contributed by atoms with Gasteiger partial charge in [0, 0.05) is 5.56 Å². The molecule has 6 heteroatoms. The number of esters is 1. The van der Waals surface area contributed by atoms with Crippen LogP contribution in [0.2, 0.25) is 0 Å². The maximum absolute atomic E-state index is 12.3. The first-order chi connectivity index (χ1) is 16.5. The molecular formula is C28H27NO5. The van der Waals surface area contributed by atoms with Gasteiger partial charge in [-0.2, -0.15) is 0 Å². The Kier molecular flexibility index (Phi) is 7.28. The number of carbonyl (C=O) groups excluding carboxylic acids is 1. The molecule has 0 spiro atoms. The standard InChI is InChI=1S/C28H27NO5/c1-4-31-26-18-21(17-23-28(30)34-27(29-23)22-8-6-5-7-9-22)12-13-24(26)32-14-15-33-25-16-19(2)10-11-20(25)3/h5-13,16-18H,4,14-15H2,1-3H3/b23-17-. The molecule has 1 aliphatic rings. The van der Waals surface area contributed by atoms with Crippen LogP contribution in [0, 0.1) is 13.8 Å². The Morgan fingerprint density at radius 2 is 1.62 bits per heavy atom. The Morgan fingerprint density at radius 3 is 2.38 bits per heavy atom. The first-order valence-corrected chi connectivity index (χ1v) is 11.2. The van der Waals surface area contributed by atoms with Crippen molar-refractivity contribution < 1.29 is 23.7 Å². The Balaban J connectivity index is 1.44. The summed E-state index contributed by atoms with van der Waals surface area (Å²) in [4.78, 5) is 16.7. The van der Waals surface area contributed by atoms with Crippen LogP contribution in [0.1, 0.15) is 29.2 Å². The first-order valence-electron chi connectivity index (χ1n) is 11.2. The molecule has 0 atom stereocenters. The first kappa shape index (κ1) is 23.1. The van der Waals surface area contributed by atoms with Crippen LogP contribution in [0.3, 0.4) is 0 Å². The molecule has 3 aromatic rings. The van der Waals surface area contributed by atoms with Gasteiger partial charge in [0.05, 0.1) is 6.61 Å². The predicted octanol–water partition coefficient (Wildman–Crippen LogP) is 5.50. The van der Waals surface area contributed by atoms with Gasteiger partial charge >= 0.3 is 5.97 Å². The van der Waals surface area contributed by atoms with E-state index in [9.17, 15) is 4.79 Å². The molecule has 3 aromatic carbocycles. The molecule has 0 aromatic heterocycles. The number of aryl methyl sites for hydroxylation is 2. The number of cyclic esters (lactones) is 1. The van der Waals surface area contributed by atoms with E-state index in [0.29, 0.717) is 37.2 Å². The van der Waals surface area contributed by atoms with Gasteiger partial charge in [-0.05, 0) is 73.9 Å². The van der Waals surface area contributed by atoms with Crippen molar-refractivity contribution in [2.75, 3.05) is 19.8 Å². The lowest BCUT2D eigenvalue weighted by atomic mass is 10.1. The van der Waals surface area contributed by atoms with Crippen molar-refractivity contribution in [1.29, 1.82) is 0 Å². The topological polar surface area (TPSA) is 66.4 Å². The molecule has 0 N–H and O–H groups in total. The Morgan fingerprint density at radius 1 is 0.853 bits per heavy atom. The summed E-state index contributed by atoms with van der Waals surface area (Å²) in [7, 11) is 0. The zero-order valence-electron chi connectivity index (χ0n) is 19.5. The smallest absolute Gasteiger partial charge is 0.363 e. The Bertz CT molecular complexity index is 1230. The highest BCUT2D eigenvalue weighted by Crippen LogP contribution is 2.30. The number of aliphatic imine (C=N–C) groups is 1. The number of benzene rings is 3. The molecule has 0 fully saturated rings. The molecule has 0 saturated heterocycles. The fourth-order valence-corrected chi connectivity index (χ4v) is 3.44. The number of ether oxygens (including phenoxy) is 4. The number of nitrogens with zero attached hydrogens (tertiary/aromatic N) is 1. The van der Waals surface area contributed by atoms with E-state index < -0.39 is 5.97 Å². The number of carbonyl (C=O) groups is 1. The van der Waals surface area contributed by atoms with E-state index in [1.165, 1.54) is 0 Å². The predicted molar refractivity (Wildman–Crippen MR) is 132 cm³/mol. The SMILES string of the molecule is CCOc1cc(/C=C2\N=C(c3ccccc3)OC2=O)ccc1OCCOc1cc(C)ccc1C. The summed E-state index contributed by atoms with van der Waals surface area (Å²) in [5, 5.41) is 0. The van der Waals surface area contributed by atoms with Crippen LogP contribution < -0.4 is 14.2 Å². The second kappa shape index (κ2) is 10.7. The van der Waals surface area contributed by atoms with Gasteiger partial charge in [-0.3, -0.25) is 0 Å². The molecule has 1 aliphatic heterocycles. The third-order valence-corrected chi connectivity index (χ3v) is 5.15. The third-order valence-electron chi connectivity index (χ3n) is 5.15. The average Bonchev–Trinajstić information content (AvgIpc) is 3.21. The van der Waals surface area contributed by atoms with Gasteiger partial charge in [-0.1, -0.05) is 36.4 Å². The monoisotopic (exact) mass is 457 g/mol. The van der Waals surface area contributed by atoms with Crippen LogP contribution in [-0.2, 0) is 9.53 Å². The molecule has 34 heavy (non-hydrogen) atoms. The lowest BCUT2D eigenvalue weighted by molar-refractivity contribution is -0.129. The molecular weight excluding hydrogens is 430 g/mol. The molecule has 0 radical (unpaired) electrons. The maximum Gasteiger partial charge on any atom is 0.363 e. The summed E-state index contributed by atoms with van der Waals surface area (Å²) in [5.74, 6) is 1.86. The summed E-state index contributed by atoms with van der Waals surface area (Å²) >= 11 is 0. The zero-order valence-corrected chi connectivity index (χ0v) is 19.5. The summed E-state index contributed by atoms with van der Waals surface area (Å²) in [5.41, 5.74) is 3.98. The van der Waals surface area contributed by atoms with E-state index in [0.717, 1.165) is 28.0 Å². The van der Waals surface area contributed by atoms with Crippen molar-refractivity contribution in [3.8, 4) is 17.2 Å². The van der Waals surface area contributed by atoms with Crippen molar-refractivity contribution in [3.63, 3.8) is 0 Å². The second-order valence-electron chi connectivity index (χ2n) is 7.81. The lowest BCUT2D eigenvalue weighted by Gasteiger charge is -2.14. The fourth-order valence-electron chi connectivity index (χ4n) is 3.44. The van der Waals surface area contributed by atoms with Gasteiger partial charge in [0.25, 0.3) is 0 Å². The fraction of sp³-hybridized carbons (Fsp3) is 0.214. The highest BCUT2D eigenvalue weighted by molar-refractivity contribution is 6.12. The van der Waals surface area contributed by atoms with E-state index >= 15 is 0 Å². The van der Waals surface area contributed by atoms with Crippen molar-refractivity contribution in [3.05, 3.63) is 94.7 Å². The van der Waals surface area contributed by atoms with E-state index in [-0.39, 0.29) is 5.70 Å². The van der Waals surface area contributed by atoms with Crippen molar-refractivity contribution >= 4 is 17.9 Å². The van der Waals surface area contributed by atoms with Gasteiger partial charge in [0.15, 0.2) is 17.2 Å². The zero-order chi connectivity index (χ0) is 23.9. The van der Waals surface area contributed by atoms with Gasteiger partial charge in [0.2, 0.25) is 5.90 Å². The summed E-state index contributed by atoms with van der Waals surface area (Å²) < 4.78 is 22.9. The average molecular weight is 458 g/mol. The highest BCUT2D eigenvalue weighted by Gasteiger charge is 2.24. The molecule has 4 rings (SSSR count). The van der Waals surface area contributed by atoms with E-state index in [2.05, 4.69) is 11.1 Å². The van der Waals surface area contributed by atoms with E-state index in [1.54, 1.807) is 6.08 Å². The quantitative estimate of drug-likeness (QED) is 0.241. The maximum atomic E-state index is 12.3. The Labute approximate surface area is 199 Å². The van der Waals surface area contributed by atoms with Crippen LogP contribution in [0.4, 0.5) is 0 Å². The lowest BCUT2D eigenvalue weighted by Crippen LogP contribution is -2.10. The van der Waals surface area contributed by atoms with Crippen molar-refractivity contribution in [2.45, 2.75) is 20.8 Å². The van der Waals surface area contributed by atoms with Gasteiger partial charge < -0.3 is 18.9 Å². The van der Waals surface area contributed by atoms with Crippen molar-refractivity contribution in [1.82, 2.24) is 0 Å². The molecule has 0 saturated carbocycles. The molecule has 6 nitrogen and oxygen atoms in total. The van der Waals surface area contributed by atoms with Crippen LogP contribution >= 0.6 is 0 Å². The summed E-state index contributed by atoms with van der Waals surface area (Å²) in [6.45, 7) is 7.21. The molecule has 0 unspecified atom stereocenters. The summed E-state index contributed by atoms with van der Waals surface area (Å²) in [6, 6.07) is 20.9. The minimum atomic E-state index is -0.485. The van der Waals surface area contributed by atoms with E-state index in [1.807, 2.05) is 81.4 Å². The van der Waals surface area contributed by atoms with Crippen LogP contribution in [0.5, 0.6) is 17.2 Å². The highest BCUT2D eigenvalue weighted by atomic mass is 16.6. The molecule has 0 amide bonds. The van der Waals surface area contributed by atoms with Gasteiger partial charge in [-0.15, -0.1) is 0 Å². The Hall–Kier alpha value is -4.06. The second-order valence-corrected chi connectivity index (χ2v) is 7.81. The third kappa shape index (κ3) is 5.64. The minimum Gasteiger partial charge on any atom is -0.490 e. The molecule has 1 heterocycles. The van der Waals surface area contributed by atoms with Gasteiger partial charge in [0.1, 0.15) is 19.0 Å². The van der Waals surface area contributed by atoms with Crippen molar-refractivity contribution in [2.24, 2.45) is 4.99 Å². The minimum absolute atomic E-state index is 0.233. The number of hydrogen-bond acceptors (Lipinski definition) is 6. The normalized spacial score (nSPS) is 14.0.